The molecule has 1 amide bonds. The summed E-state index contributed by atoms with van der Waals surface area (Å²) in [6.45, 7) is 1.47. The highest BCUT2D eigenvalue weighted by Gasteiger charge is 2.18. The van der Waals surface area contributed by atoms with E-state index < -0.39 is 33.0 Å². The second-order valence-corrected chi connectivity index (χ2v) is 7.84. The van der Waals surface area contributed by atoms with Gasteiger partial charge in [0.05, 0.1) is 11.1 Å². The maximum atomic E-state index is 12.5. The van der Waals surface area contributed by atoms with Crippen molar-refractivity contribution in [3.8, 4) is 11.5 Å². The zero-order valence-electron chi connectivity index (χ0n) is 14.6. The second-order valence-electron chi connectivity index (χ2n) is 5.83. The number of nitrogens with one attached hydrogen (secondary N) is 2. The molecular weight excluding hydrogens is 388 g/mol. The lowest BCUT2D eigenvalue weighted by atomic mass is 10.1. The monoisotopic (exact) mass is 404 g/mol. The third-order valence-corrected chi connectivity index (χ3v) is 5.19. The molecule has 0 aliphatic carbocycles. The number of hydrogen-bond acceptors (Lipinski definition) is 7. The van der Waals surface area contributed by atoms with Gasteiger partial charge >= 0.3 is 5.63 Å². The SMILES string of the molecule is CCS(=O)(=O)Nc1cccc(C(=O)Nc2c(O)c3ccc(O)cc3oc2=O)c1. The van der Waals surface area contributed by atoms with E-state index in [9.17, 15) is 28.2 Å². The molecule has 3 rings (SSSR count). The first-order chi connectivity index (χ1) is 13.2. The van der Waals surface area contributed by atoms with Crippen LogP contribution in [0, 0.1) is 0 Å². The molecule has 0 atom stereocenters. The molecule has 28 heavy (non-hydrogen) atoms. The van der Waals surface area contributed by atoms with Crippen LogP contribution in [-0.4, -0.2) is 30.3 Å². The number of phenolic OH excluding ortho intramolecular Hbond substituents is 1. The van der Waals surface area contributed by atoms with Crippen molar-refractivity contribution in [3.05, 3.63) is 58.4 Å². The standard InChI is InChI=1S/C18H16N2O7S/c1-2-28(25,26)20-11-5-3-4-10(8-11)17(23)19-15-16(22)13-7-6-12(21)9-14(13)27-18(15)24/h3-9,20-22H,2H2,1H3,(H,19,23). The van der Waals surface area contributed by atoms with Gasteiger partial charge in [-0.3, -0.25) is 9.52 Å². The molecule has 0 aliphatic heterocycles. The number of amides is 1. The van der Waals surface area contributed by atoms with Gasteiger partial charge in [-0.25, -0.2) is 13.2 Å². The number of carbonyl (C=O) groups is 1. The average molecular weight is 404 g/mol. The molecule has 3 aromatic rings. The molecule has 0 spiro atoms. The zero-order valence-corrected chi connectivity index (χ0v) is 15.4. The summed E-state index contributed by atoms with van der Waals surface area (Å²) in [5.74, 6) is -1.55. The number of sulfonamides is 1. The number of fused-ring (bicyclic) bond motifs is 1. The smallest absolute Gasteiger partial charge is 0.364 e. The van der Waals surface area contributed by atoms with Gasteiger partial charge in [-0.1, -0.05) is 6.07 Å². The number of rotatable bonds is 5. The van der Waals surface area contributed by atoms with Crippen LogP contribution in [0.15, 0.2) is 51.7 Å². The topological polar surface area (TPSA) is 146 Å². The van der Waals surface area contributed by atoms with Crippen LogP contribution in [0.2, 0.25) is 0 Å². The molecule has 0 fully saturated rings. The van der Waals surface area contributed by atoms with Crippen LogP contribution in [0.3, 0.4) is 0 Å². The van der Waals surface area contributed by atoms with Crippen molar-refractivity contribution in [3.63, 3.8) is 0 Å². The molecule has 1 aromatic heterocycles. The Bertz CT molecular complexity index is 1230. The lowest BCUT2D eigenvalue weighted by molar-refractivity contribution is 0.102. The van der Waals surface area contributed by atoms with Gasteiger partial charge in [-0.15, -0.1) is 0 Å². The first-order valence-corrected chi connectivity index (χ1v) is 9.76. The number of benzene rings is 2. The number of anilines is 2. The minimum Gasteiger partial charge on any atom is -0.508 e. The van der Waals surface area contributed by atoms with Gasteiger partial charge in [0.15, 0.2) is 11.4 Å². The Hall–Kier alpha value is -3.53. The summed E-state index contributed by atoms with van der Waals surface area (Å²) in [6, 6.07) is 9.42. The van der Waals surface area contributed by atoms with Crippen LogP contribution in [0.5, 0.6) is 11.5 Å². The summed E-state index contributed by atoms with van der Waals surface area (Å²) in [6.07, 6.45) is 0. The van der Waals surface area contributed by atoms with Crippen LogP contribution >= 0.6 is 0 Å². The van der Waals surface area contributed by atoms with E-state index in [4.69, 9.17) is 4.42 Å². The number of aromatic hydroxyl groups is 2. The van der Waals surface area contributed by atoms with Crippen LogP contribution in [0.25, 0.3) is 11.0 Å². The third kappa shape index (κ3) is 3.91. The average Bonchev–Trinajstić information content (AvgIpc) is 2.64. The van der Waals surface area contributed by atoms with E-state index in [-0.39, 0.29) is 33.7 Å². The van der Waals surface area contributed by atoms with E-state index >= 15 is 0 Å². The van der Waals surface area contributed by atoms with Crippen molar-refractivity contribution in [2.45, 2.75) is 6.92 Å². The van der Waals surface area contributed by atoms with Gasteiger partial charge in [0.25, 0.3) is 5.91 Å². The van der Waals surface area contributed by atoms with Crippen LogP contribution in [-0.2, 0) is 10.0 Å². The predicted octanol–water partition coefficient (Wildman–Crippen LogP) is 2.22. The summed E-state index contributed by atoms with van der Waals surface area (Å²) >= 11 is 0. The Morgan fingerprint density at radius 2 is 1.89 bits per heavy atom. The van der Waals surface area contributed by atoms with Crippen LogP contribution < -0.4 is 15.7 Å². The summed E-state index contributed by atoms with van der Waals surface area (Å²) < 4.78 is 30.7. The van der Waals surface area contributed by atoms with Gasteiger partial charge in [0.2, 0.25) is 10.0 Å². The number of hydrogen-bond donors (Lipinski definition) is 4. The lowest BCUT2D eigenvalue weighted by Gasteiger charge is -2.10. The third-order valence-electron chi connectivity index (χ3n) is 3.88. The molecular formula is C18H16N2O7S. The van der Waals surface area contributed by atoms with Crippen molar-refractivity contribution < 1.29 is 27.8 Å². The molecule has 2 aromatic carbocycles. The minimum atomic E-state index is -3.52. The largest absolute Gasteiger partial charge is 0.508 e. The molecule has 0 saturated heterocycles. The van der Waals surface area contributed by atoms with E-state index in [1.807, 2.05) is 0 Å². The van der Waals surface area contributed by atoms with Crippen molar-refractivity contribution in [1.29, 1.82) is 0 Å². The first-order valence-electron chi connectivity index (χ1n) is 8.11. The molecule has 0 unspecified atom stereocenters. The number of carbonyl (C=O) groups excluding carboxylic acids is 1. The van der Waals surface area contributed by atoms with E-state index in [0.29, 0.717) is 0 Å². The zero-order chi connectivity index (χ0) is 20.5. The fourth-order valence-corrected chi connectivity index (χ4v) is 3.08. The summed E-state index contributed by atoms with van der Waals surface area (Å²) in [4.78, 5) is 24.6. The highest BCUT2D eigenvalue weighted by atomic mass is 32.2. The van der Waals surface area contributed by atoms with Crippen molar-refractivity contribution in [2.75, 3.05) is 15.8 Å². The maximum absolute atomic E-state index is 12.5. The Labute approximate surface area is 159 Å². The van der Waals surface area contributed by atoms with Gasteiger partial charge in [0, 0.05) is 17.3 Å². The molecule has 0 aliphatic rings. The van der Waals surface area contributed by atoms with Gasteiger partial charge in [0.1, 0.15) is 11.3 Å². The minimum absolute atomic E-state index is 0.0449. The Morgan fingerprint density at radius 3 is 2.61 bits per heavy atom. The van der Waals surface area contributed by atoms with Gasteiger partial charge in [-0.2, -0.15) is 0 Å². The fourth-order valence-electron chi connectivity index (χ4n) is 2.44. The van der Waals surface area contributed by atoms with Crippen molar-refractivity contribution >= 4 is 38.3 Å². The predicted molar refractivity (Wildman–Crippen MR) is 103 cm³/mol. The lowest BCUT2D eigenvalue weighted by Crippen LogP contribution is -2.19. The van der Waals surface area contributed by atoms with Gasteiger partial charge in [-0.05, 0) is 37.3 Å². The van der Waals surface area contributed by atoms with E-state index in [2.05, 4.69) is 10.0 Å². The first kappa shape index (κ1) is 19.2. The number of phenols is 1. The molecule has 0 radical (unpaired) electrons. The van der Waals surface area contributed by atoms with Gasteiger partial charge < -0.3 is 19.9 Å². The highest BCUT2D eigenvalue weighted by molar-refractivity contribution is 7.92. The maximum Gasteiger partial charge on any atom is 0.364 e. The normalized spacial score (nSPS) is 11.3. The molecule has 0 saturated carbocycles. The second kappa shape index (κ2) is 7.24. The fraction of sp³-hybridized carbons (Fsp3) is 0.111. The molecule has 10 heteroatoms. The molecule has 146 valence electrons. The molecule has 4 N–H and O–H groups in total. The molecule has 0 bridgehead atoms. The summed E-state index contributed by atoms with van der Waals surface area (Å²) in [7, 11) is -3.52. The highest BCUT2D eigenvalue weighted by Crippen LogP contribution is 2.31. The summed E-state index contributed by atoms with van der Waals surface area (Å²) in [5.41, 5.74) is -1.29. The van der Waals surface area contributed by atoms with Crippen molar-refractivity contribution in [2.24, 2.45) is 0 Å². The van der Waals surface area contributed by atoms with E-state index in [1.165, 1.54) is 43.3 Å². The Balaban J connectivity index is 1.94. The summed E-state index contributed by atoms with van der Waals surface area (Å²) in [5, 5.41) is 22.1. The van der Waals surface area contributed by atoms with E-state index in [1.54, 1.807) is 0 Å². The Morgan fingerprint density at radius 1 is 1.14 bits per heavy atom. The molecule has 1 heterocycles. The van der Waals surface area contributed by atoms with Crippen LogP contribution in [0.1, 0.15) is 17.3 Å². The molecule has 9 nitrogen and oxygen atoms in total. The van der Waals surface area contributed by atoms with Crippen LogP contribution in [0.4, 0.5) is 11.4 Å². The quantitative estimate of drug-likeness (QED) is 0.477. The van der Waals surface area contributed by atoms with Crippen molar-refractivity contribution in [1.82, 2.24) is 0 Å². The van der Waals surface area contributed by atoms with E-state index in [0.717, 1.165) is 6.07 Å². The Kier molecular flexibility index (Phi) is 4.97.